The molecule has 6 nitrogen and oxygen atoms in total. The summed E-state index contributed by atoms with van der Waals surface area (Å²) < 4.78 is 3.57. The largest absolute Gasteiger partial charge is 0.223 e. The van der Waals surface area contributed by atoms with E-state index in [-0.39, 0.29) is 6.17 Å². The molecular formula is C23H17ClN6. The number of nitrogens with zero attached hydrogens (tertiary/aromatic N) is 6. The van der Waals surface area contributed by atoms with Gasteiger partial charge >= 0.3 is 0 Å². The lowest BCUT2D eigenvalue weighted by molar-refractivity contribution is 0.401. The Balaban J connectivity index is 1.58. The average molecular weight is 413 g/mol. The van der Waals surface area contributed by atoms with Crippen LogP contribution in [0.5, 0.6) is 0 Å². The van der Waals surface area contributed by atoms with Crippen molar-refractivity contribution in [2.24, 2.45) is 0 Å². The van der Waals surface area contributed by atoms with Gasteiger partial charge in [-0.1, -0.05) is 94.8 Å². The molecular weight excluding hydrogens is 396 g/mol. The lowest BCUT2D eigenvalue weighted by Gasteiger charge is -2.17. The normalized spacial score (nSPS) is 11.1. The zero-order valence-corrected chi connectivity index (χ0v) is 16.6. The fourth-order valence-electron chi connectivity index (χ4n) is 3.34. The summed E-state index contributed by atoms with van der Waals surface area (Å²) >= 11 is 6.11. The lowest BCUT2D eigenvalue weighted by Crippen LogP contribution is -2.21. The molecule has 0 amide bonds. The quantitative estimate of drug-likeness (QED) is 0.409. The summed E-state index contributed by atoms with van der Waals surface area (Å²) in [6.45, 7) is 0. The highest BCUT2D eigenvalue weighted by molar-refractivity contribution is 6.30. The van der Waals surface area contributed by atoms with E-state index in [1.807, 2.05) is 97.3 Å². The first kappa shape index (κ1) is 18.3. The Kier molecular flexibility index (Phi) is 4.83. The molecule has 0 saturated carbocycles. The van der Waals surface area contributed by atoms with Crippen molar-refractivity contribution in [1.29, 1.82) is 0 Å². The average Bonchev–Trinajstić information content (AvgIpc) is 3.47. The molecule has 0 unspecified atom stereocenters. The van der Waals surface area contributed by atoms with Crippen LogP contribution >= 0.6 is 11.6 Å². The van der Waals surface area contributed by atoms with Gasteiger partial charge in [0.1, 0.15) is 11.4 Å². The molecule has 0 radical (unpaired) electrons. The Morgan fingerprint density at radius 3 is 1.53 bits per heavy atom. The highest BCUT2D eigenvalue weighted by Crippen LogP contribution is 2.25. The predicted octanol–water partition coefficient (Wildman–Crippen LogP) is 4.95. The van der Waals surface area contributed by atoms with Gasteiger partial charge in [0, 0.05) is 16.1 Å². The van der Waals surface area contributed by atoms with Crippen molar-refractivity contribution < 1.29 is 0 Å². The van der Waals surface area contributed by atoms with Crippen LogP contribution in [0.3, 0.4) is 0 Å². The van der Waals surface area contributed by atoms with E-state index < -0.39 is 0 Å². The molecule has 0 bridgehead atoms. The summed E-state index contributed by atoms with van der Waals surface area (Å²) in [5.74, 6) is 0. The maximum Gasteiger partial charge on any atom is 0.172 e. The van der Waals surface area contributed by atoms with Crippen molar-refractivity contribution in [3.8, 4) is 22.5 Å². The minimum Gasteiger partial charge on any atom is -0.223 e. The van der Waals surface area contributed by atoms with Crippen LogP contribution < -0.4 is 0 Å². The third-order valence-electron chi connectivity index (χ3n) is 4.83. The van der Waals surface area contributed by atoms with E-state index in [9.17, 15) is 0 Å². The Labute approximate surface area is 178 Å². The number of hydrogen-bond acceptors (Lipinski definition) is 4. The molecule has 0 fully saturated rings. The van der Waals surface area contributed by atoms with Gasteiger partial charge in [-0.3, -0.25) is 0 Å². The van der Waals surface area contributed by atoms with Crippen molar-refractivity contribution in [2.45, 2.75) is 6.17 Å². The van der Waals surface area contributed by atoms with E-state index in [0.29, 0.717) is 5.02 Å². The van der Waals surface area contributed by atoms with Crippen molar-refractivity contribution in [1.82, 2.24) is 30.0 Å². The molecule has 0 aliphatic rings. The van der Waals surface area contributed by atoms with E-state index in [4.69, 9.17) is 11.6 Å². The Morgan fingerprint density at radius 2 is 1.07 bits per heavy atom. The maximum absolute atomic E-state index is 6.11. The van der Waals surface area contributed by atoms with Crippen molar-refractivity contribution >= 4 is 11.6 Å². The fraction of sp³-hybridized carbons (Fsp3) is 0.0435. The third kappa shape index (κ3) is 3.60. The zero-order valence-electron chi connectivity index (χ0n) is 15.9. The van der Waals surface area contributed by atoms with Crippen molar-refractivity contribution in [2.75, 3.05) is 0 Å². The molecule has 7 heteroatoms. The van der Waals surface area contributed by atoms with Crippen molar-refractivity contribution in [3.63, 3.8) is 0 Å². The van der Waals surface area contributed by atoms with Crippen LogP contribution in [0.25, 0.3) is 22.5 Å². The van der Waals surface area contributed by atoms with Gasteiger partial charge in [0.25, 0.3) is 0 Å². The maximum atomic E-state index is 6.11. The van der Waals surface area contributed by atoms with Crippen molar-refractivity contribution in [3.05, 3.63) is 108 Å². The number of benzene rings is 3. The van der Waals surface area contributed by atoms with Gasteiger partial charge in [-0.2, -0.15) is 0 Å². The summed E-state index contributed by atoms with van der Waals surface area (Å²) in [5.41, 5.74) is 4.55. The van der Waals surface area contributed by atoms with E-state index in [1.54, 1.807) is 9.36 Å². The first-order valence-electron chi connectivity index (χ1n) is 9.48. The highest BCUT2D eigenvalue weighted by Gasteiger charge is 2.20. The molecule has 0 N–H and O–H groups in total. The van der Waals surface area contributed by atoms with Crippen LogP contribution in [0.1, 0.15) is 11.7 Å². The van der Waals surface area contributed by atoms with Crippen LogP contribution in [0.4, 0.5) is 0 Å². The first-order chi connectivity index (χ1) is 14.8. The van der Waals surface area contributed by atoms with Crippen LogP contribution in [0, 0.1) is 0 Å². The smallest absolute Gasteiger partial charge is 0.172 e. The summed E-state index contributed by atoms with van der Waals surface area (Å²) in [7, 11) is 0. The zero-order chi connectivity index (χ0) is 20.3. The number of hydrogen-bond donors (Lipinski definition) is 0. The summed E-state index contributed by atoms with van der Waals surface area (Å²) in [6, 6.07) is 27.5. The molecule has 0 aliphatic carbocycles. The summed E-state index contributed by atoms with van der Waals surface area (Å²) in [5, 5.41) is 18.2. The molecule has 0 atom stereocenters. The number of halogens is 1. The van der Waals surface area contributed by atoms with E-state index >= 15 is 0 Å². The topological polar surface area (TPSA) is 61.4 Å². The van der Waals surface area contributed by atoms with Gasteiger partial charge in [0.05, 0.1) is 12.4 Å². The van der Waals surface area contributed by atoms with E-state index in [2.05, 4.69) is 20.6 Å². The minimum atomic E-state index is -0.350. The number of rotatable bonds is 5. The number of aromatic nitrogens is 6. The molecule has 5 rings (SSSR count). The Morgan fingerprint density at radius 1 is 0.600 bits per heavy atom. The van der Waals surface area contributed by atoms with Gasteiger partial charge in [-0.15, -0.1) is 10.2 Å². The predicted molar refractivity (Wildman–Crippen MR) is 116 cm³/mol. The molecule has 0 saturated heterocycles. The lowest BCUT2D eigenvalue weighted by atomic mass is 10.1. The first-order valence-corrected chi connectivity index (χ1v) is 9.86. The fourth-order valence-corrected chi connectivity index (χ4v) is 3.46. The van der Waals surface area contributed by atoms with Gasteiger partial charge in [0.2, 0.25) is 0 Å². The molecule has 2 aromatic heterocycles. The van der Waals surface area contributed by atoms with Gasteiger partial charge in [0.15, 0.2) is 6.17 Å². The Bertz CT molecular complexity index is 1170. The van der Waals surface area contributed by atoms with E-state index in [0.717, 1.165) is 28.1 Å². The SMILES string of the molecule is Clc1ccc(C(n2cc(-c3ccccc3)nn2)n2cc(-c3ccccc3)nn2)cc1. The molecule has 30 heavy (non-hydrogen) atoms. The summed E-state index contributed by atoms with van der Waals surface area (Å²) in [4.78, 5) is 0. The molecule has 3 aromatic carbocycles. The van der Waals surface area contributed by atoms with E-state index in [1.165, 1.54) is 0 Å². The van der Waals surface area contributed by atoms with Gasteiger partial charge in [-0.25, -0.2) is 9.36 Å². The molecule has 0 aliphatic heterocycles. The second kappa shape index (κ2) is 7.93. The van der Waals surface area contributed by atoms with Crippen LogP contribution in [-0.4, -0.2) is 30.0 Å². The minimum absolute atomic E-state index is 0.350. The molecule has 146 valence electrons. The molecule has 2 heterocycles. The van der Waals surface area contributed by atoms with Crippen LogP contribution in [0.15, 0.2) is 97.3 Å². The van der Waals surface area contributed by atoms with Gasteiger partial charge in [-0.05, 0) is 17.7 Å². The third-order valence-corrected chi connectivity index (χ3v) is 5.08. The molecule has 5 aromatic rings. The second-order valence-electron chi connectivity index (χ2n) is 6.82. The molecule has 0 spiro atoms. The standard InChI is InChI=1S/C23H17ClN6/c24-20-13-11-19(12-14-20)23(29-15-21(25-27-29)17-7-3-1-4-8-17)30-16-22(26-28-30)18-9-5-2-6-10-18/h1-16,23H. The second-order valence-corrected chi connectivity index (χ2v) is 7.26. The van der Waals surface area contributed by atoms with Crippen LogP contribution in [-0.2, 0) is 0 Å². The Hall–Kier alpha value is -3.77. The highest BCUT2D eigenvalue weighted by atomic mass is 35.5. The van der Waals surface area contributed by atoms with Gasteiger partial charge < -0.3 is 0 Å². The monoisotopic (exact) mass is 412 g/mol. The van der Waals surface area contributed by atoms with Crippen LogP contribution in [0.2, 0.25) is 5.02 Å². The summed E-state index contributed by atoms with van der Waals surface area (Å²) in [6.07, 6.45) is 3.48.